The summed E-state index contributed by atoms with van der Waals surface area (Å²) in [5.74, 6) is -0.246. The Morgan fingerprint density at radius 2 is 2.25 bits per heavy atom. The third-order valence-electron chi connectivity index (χ3n) is 4.46. The average molecular weight is 275 g/mol. The summed E-state index contributed by atoms with van der Waals surface area (Å²) in [7, 11) is 0. The minimum atomic E-state index is -0.246. The minimum Gasteiger partial charge on any atom is -0.459 e. The molecule has 0 amide bonds. The first-order valence-corrected chi connectivity index (χ1v) is 7.29. The van der Waals surface area contributed by atoms with Gasteiger partial charge < -0.3 is 15.2 Å². The maximum atomic E-state index is 12.3. The molecule has 108 valence electrons. The van der Waals surface area contributed by atoms with Crippen LogP contribution in [0.15, 0.2) is 18.2 Å². The quantitative estimate of drug-likeness (QED) is 0.666. The fraction of sp³-hybridized carbons (Fsp3) is 0.562. The number of hydrogen-bond acceptors (Lipinski definition) is 4. The summed E-state index contributed by atoms with van der Waals surface area (Å²) in [5, 5.41) is 0. The van der Waals surface area contributed by atoms with Crippen molar-refractivity contribution in [3.8, 4) is 0 Å². The molecule has 1 saturated carbocycles. The van der Waals surface area contributed by atoms with Crippen LogP contribution in [0.3, 0.4) is 0 Å². The molecule has 1 saturated heterocycles. The zero-order valence-electron chi connectivity index (χ0n) is 11.9. The highest BCUT2D eigenvalue weighted by molar-refractivity contribution is 5.91. The number of hydrogen-bond donors (Lipinski definition) is 1. The predicted octanol–water partition coefficient (Wildman–Crippen LogP) is 2.84. The number of rotatable bonds is 2. The highest BCUT2D eigenvalue weighted by Gasteiger charge is 2.43. The number of carbonyl (C=O) groups is 1. The van der Waals surface area contributed by atoms with E-state index in [4.69, 9.17) is 15.2 Å². The lowest BCUT2D eigenvalue weighted by atomic mass is 9.74. The van der Waals surface area contributed by atoms with Crippen LogP contribution >= 0.6 is 0 Å². The largest absolute Gasteiger partial charge is 0.459 e. The zero-order valence-corrected chi connectivity index (χ0v) is 11.9. The van der Waals surface area contributed by atoms with Gasteiger partial charge in [-0.15, -0.1) is 0 Å². The summed E-state index contributed by atoms with van der Waals surface area (Å²) < 4.78 is 11.5. The van der Waals surface area contributed by atoms with Crippen molar-refractivity contribution in [2.24, 2.45) is 0 Å². The third-order valence-corrected chi connectivity index (χ3v) is 4.46. The van der Waals surface area contributed by atoms with Crippen molar-refractivity contribution in [1.82, 2.24) is 0 Å². The number of nitrogen functional groups attached to an aromatic ring is 1. The number of ether oxygens (including phenoxy) is 2. The second-order valence-electron chi connectivity index (χ2n) is 5.98. The lowest BCUT2D eigenvalue weighted by molar-refractivity contribution is -0.159. The van der Waals surface area contributed by atoms with Crippen molar-refractivity contribution >= 4 is 11.7 Å². The van der Waals surface area contributed by atoms with Crippen LogP contribution in [0.1, 0.15) is 48.0 Å². The van der Waals surface area contributed by atoms with Crippen molar-refractivity contribution in [3.63, 3.8) is 0 Å². The molecule has 0 radical (unpaired) electrons. The first-order valence-electron chi connectivity index (χ1n) is 7.29. The topological polar surface area (TPSA) is 61.6 Å². The maximum Gasteiger partial charge on any atom is 0.338 e. The summed E-state index contributed by atoms with van der Waals surface area (Å²) in [6.45, 7) is 2.57. The summed E-state index contributed by atoms with van der Waals surface area (Å²) in [5.41, 5.74) is 7.84. The van der Waals surface area contributed by atoms with Gasteiger partial charge in [0.25, 0.3) is 0 Å². The van der Waals surface area contributed by atoms with Crippen LogP contribution < -0.4 is 5.73 Å². The fourth-order valence-corrected chi connectivity index (χ4v) is 3.13. The van der Waals surface area contributed by atoms with Crippen LogP contribution in [0.2, 0.25) is 0 Å². The van der Waals surface area contributed by atoms with Crippen molar-refractivity contribution in [2.45, 2.75) is 50.7 Å². The van der Waals surface area contributed by atoms with Gasteiger partial charge in [0.2, 0.25) is 0 Å². The molecule has 2 fully saturated rings. The SMILES string of the molecule is Cc1cc(N)ccc1C(=O)OC1CCOC2(CCC2)C1. The van der Waals surface area contributed by atoms with E-state index in [2.05, 4.69) is 0 Å². The first-order chi connectivity index (χ1) is 9.58. The molecule has 1 spiro atoms. The molecule has 3 rings (SSSR count). The Morgan fingerprint density at radius 1 is 1.45 bits per heavy atom. The van der Waals surface area contributed by atoms with Crippen LogP contribution in [0.25, 0.3) is 0 Å². The molecule has 1 aliphatic heterocycles. The second kappa shape index (κ2) is 5.09. The Morgan fingerprint density at radius 3 is 2.90 bits per heavy atom. The van der Waals surface area contributed by atoms with E-state index < -0.39 is 0 Å². The van der Waals surface area contributed by atoms with E-state index in [-0.39, 0.29) is 17.7 Å². The van der Waals surface area contributed by atoms with Gasteiger partial charge in [-0.3, -0.25) is 0 Å². The van der Waals surface area contributed by atoms with Gasteiger partial charge in [-0.2, -0.15) is 0 Å². The normalized spacial score (nSPS) is 24.1. The van der Waals surface area contributed by atoms with Gasteiger partial charge in [-0.05, 0) is 49.9 Å². The molecule has 0 aromatic heterocycles. The van der Waals surface area contributed by atoms with Crippen LogP contribution in [0.4, 0.5) is 5.69 Å². The van der Waals surface area contributed by atoms with Crippen LogP contribution in [0, 0.1) is 6.92 Å². The lowest BCUT2D eigenvalue weighted by Crippen LogP contribution is -2.48. The van der Waals surface area contributed by atoms with Gasteiger partial charge in [0.1, 0.15) is 6.10 Å². The molecular formula is C16H21NO3. The number of carbonyl (C=O) groups excluding carboxylic acids is 1. The molecule has 1 atom stereocenters. The Balaban J connectivity index is 1.66. The Bertz CT molecular complexity index is 522. The maximum absolute atomic E-state index is 12.3. The Labute approximate surface area is 119 Å². The van der Waals surface area contributed by atoms with Crippen molar-refractivity contribution < 1.29 is 14.3 Å². The summed E-state index contributed by atoms with van der Waals surface area (Å²) in [6.07, 6.45) is 5.03. The Hall–Kier alpha value is -1.55. The molecule has 2 aliphatic rings. The third kappa shape index (κ3) is 2.52. The van der Waals surface area contributed by atoms with E-state index in [1.807, 2.05) is 6.92 Å². The Kier molecular flexibility index (Phi) is 3.42. The van der Waals surface area contributed by atoms with Crippen LogP contribution in [-0.2, 0) is 9.47 Å². The van der Waals surface area contributed by atoms with E-state index in [0.717, 1.165) is 31.2 Å². The standard InChI is InChI=1S/C16H21NO3/c1-11-9-12(17)3-4-14(11)15(18)20-13-5-8-19-16(10-13)6-2-7-16/h3-4,9,13H,2,5-8,10,17H2,1H3. The second-order valence-corrected chi connectivity index (χ2v) is 5.98. The number of esters is 1. The molecule has 4 nitrogen and oxygen atoms in total. The van der Waals surface area contributed by atoms with Gasteiger partial charge in [0.05, 0.1) is 17.8 Å². The van der Waals surface area contributed by atoms with E-state index in [0.29, 0.717) is 17.9 Å². The number of nitrogens with two attached hydrogens (primary N) is 1. The molecule has 2 N–H and O–H groups in total. The number of aryl methyl sites for hydroxylation is 1. The van der Waals surface area contributed by atoms with E-state index in [9.17, 15) is 4.79 Å². The van der Waals surface area contributed by atoms with Gasteiger partial charge in [0, 0.05) is 18.5 Å². The monoisotopic (exact) mass is 275 g/mol. The van der Waals surface area contributed by atoms with Crippen LogP contribution in [0.5, 0.6) is 0 Å². The molecule has 0 bridgehead atoms. The van der Waals surface area contributed by atoms with Crippen molar-refractivity contribution in [2.75, 3.05) is 12.3 Å². The molecule has 1 aromatic carbocycles. The summed E-state index contributed by atoms with van der Waals surface area (Å²) >= 11 is 0. The minimum absolute atomic E-state index is 0.000638. The summed E-state index contributed by atoms with van der Waals surface area (Å²) in [6, 6.07) is 5.28. The molecule has 4 heteroatoms. The van der Waals surface area contributed by atoms with E-state index >= 15 is 0 Å². The number of benzene rings is 1. The van der Waals surface area contributed by atoms with Crippen LogP contribution in [-0.4, -0.2) is 24.3 Å². The fourth-order valence-electron chi connectivity index (χ4n) is 3.13. The lowest BCUT2D eigenvalue weighted by Gasteiger charge is -2.46. The molecular weight excluding hydrogens is 254 g/mol. The smallest absolute Gasteiger partial charge is 0.338 e. The molecule has 1 unspecified atom stereocenters. The highest BCUT2D eigenvalue weighted by atomic mass is 16.6. The van der Waals surface area contributed by atoms with Gasteiger partial charge >= 0.3 is 5.97 Å². The van der Waals surface area contributed by atoms with Gasteiger partial charge in [-0.1, -0.05) is 0 Å². The first kappa shape index (κ1) is 13.4. The summed E-state index contributed by atoms with van der Waals surface area (Å²) in [4.78, 5) is 12.3. The molecule has 1 aliphatic carbocycles. The van der Waals surface area contributed by atoms with Crippen molar-refractivity contribution in [1.29, 1.82) is 0 Å². The van der Waals surface area contributed by atoms with Crippen molar-refractivity contribution in [3.05, 3.63) is 29.3 Å². The number of anilines is 1. The average Bonchev–Trinajstić information content (AvgIpc) is 2.37. The predicted molar refractivity (Wildman–Crippen MR) is 76.6 cm³/mol. The molecule has 1 aromatic rings. The van der Waals surface area contributed by atoms with Gasteiger partial charge in [0.15, 0.2) is 0 Å². The van der Waals surface area contributed by atoms with E-state index in [1.165, 1.54) is 6.42 Å². The highest BCUT2D eigenvalue weighted by Crippen LogP contribution is 2.43. The van der Waals surface area contributed by atoms with E-state index in [1.54, 1.807) is 18.2 Å². The molecule has 20 heavy (non-hydrogen) atoms. The van der Waals surface area contributed by atoms with Gasteiger partial charge in [-0.25, -0.2) is 4.79 Å². The zero-order chi connectivity index (χ0) is 14.2. The molecule has 1 heterocycles.